The minimum absolute atomic E-state index is 0.0447. The average molecular weight is 361 g/mol. The number of carbonyl (C=O) groups excluding carboxylic acids is 1. The number of halogens is 2. The van der Waals surface area contributed by atoms with Gasteiger partial charge in [0.2, 0.25) is 11.7 Å². The first-order valence-electron chi connectivity index (χ1n) is 9.03. The van der Waals surface area contributed by atoms with Gasteiger partial charge in [0, 0.05) is 30.4 Å². The van der Waals surface area contributed by atoms with Crippen molar-refractivity contribution in [2.24, 2.45) is 5.92 Å². The summed E-state index contributed by atoms with van der Waals surface area (Å²) >= 11 is 0. The third kappa shape index (κ3) is 3.73. The summed E-state index contributed by atoms with van der Waals surface area (Å²) in [7, 11) is 0. The van der Waals surface area contributed by atoms with Crippen LogP contribution in [0.25, 0.3) is 11.4 Å². The van der Waals surface area contributed by atoms with Gasteiger partial charge < -0.3 is 5.32 Å². The third-order valence-electron chi connectivity index (χ3n) is 5.24. The molecule has 1 atom stereocenters. The van der Waals surface area contributed by atoms with Gasteiger partial charge in [0.25, 0.3) is 5.92 Å². The summed E-state index contributed by atoms with van der Waals surface area (Å²) in [6.45, 7) is 0. The van der Waals surface area contributed by atoms with Gasteiger partial charge in [-0.3, -0.25) is 4.79 Å². The molecule has 0 bridgehead atoms. The van der Waals surface area contributed by atoms with Crippen LogP contribution >= 0.6 is 0 Å². The van der Waals surface area contributed by atoms with Crippen molar-refractivity contribution < 1.29 is 13.6 Å². The molecule has 1 aromatic carbocycles. The van der Waals surface area contributed by atoms with Crippen LogP contribution in [0.2, 0.25) is 0 Å². The molecule has 0 aliphatic heterocycles. The van der Waals surface area contributed by atoms with Crippen molar-refractivity contribution in [3.63, 3.8) is 0 Å². The number of tetrazole rings is 1. The van der Waals surface area contributed by atoms with Crippen molar-refractivity contribution in [3.05, 3.63) is 30.3 Å². The SMILES string of the molecule is O=C(CC1CC1(F)F)NC1CCC(n2nnc(-c3ccccc3)n2)CC1. The third-order valence-corrected chi connectivity index (χ3v) is 5.24. The first-order valence-corrected chi connectivity index (χ1v) is 9.03. The second-order valence-electron chi connectivity index (χ2n) is 7.24. The molecule has 1 unspecified atom stereocenters. The summed E-state index contributed by atoms with van der Waals surface area (Å²) in [5, 5.41) is 15.7. The average Bonchev–Trinajstić information content (AvgIpc) is 3.03. The van der Waals surface area contributed by atoms with Crippen LogP contribution in [-0.2, 0) is 4.79 Å². The largest absolute Gasteiger partial charge is 0.353 e. The van der Waals surface area contributed by atoms with E-state index in [1.807, 2.05) is 30.3 Å². The summed E-state index contributed by atoms with van der Waals surface area (Å²) in [4.78, 5) is 13.5. The number of rotatable bonds is 5. The molecule has 1 heterocycles. The van der Waals surface area contributed by atoms with Gasteiger partial charge >= 0.3 is 0 Å². The minimum Gasteiger partial charge on any atom is -0.353 e. The Labute approximate surface area is 150 Å². The Kier molecular flexibility index (Phi) is 4.42. The Morgan fingerprint density at radius 3 is 2.54 bits per heavy atom. The molecule has 1 amide bonds. The number of alkyl halides is 2. The van der Waals surface area contributed by atoms with Crippen molar-refractivity contribution in [1.82, 2.24) is 25.5 Å². The van der Waals surface area contributed by atoms with Crippen molar-refractivity contribution in [2.75, 3.05) is 0 Å². The number of hydrogen-bond donors (Lipinski definition) is 1. The van der Waals surface area contributed by atoms with E-state index in [4.69, 9.17) is 0 Å². The van der Waals surface area contributed by atoms with Crippen molar-refractivity contribution in [2.45, 2.75) is 56.5 Å². The van der Waals surface area contributed by atoms with E-state index >= 15 is 0 Å². The summed E-state index contributed by atoms with van der Waals surface area (Å²) in [6.07, 6.45) is 3.01. The van der Waals surface area contributed by atoms with E-state index in [-0.39, 0.29) is 30.8 Å². The van der Waals surface area contributed by atoms with Crippen molar-refractivity contribution in [1.29, 1.82) is 0 Å². The van der Waals surface area contributed by atoms with E-state index in [1.54, 1.807) is 4.80 Å². The fraction of sp³-hybridized carbons (Fsp3) is 0.556. The summed E-state index contributed by atoms with van der Waals surface area (Å²) in [5.41, 5.74) is 0.927. The number of benzene rings is 1. The molecular weight excluding hydrogens is 340 g/mol. The summed E-state index contributed by atoms with van der Waals surface area (Å²) in [5.74, 6) is -3.06. The predicted molar refractivity (Wildman–Crippen MR) is 90.4 cm³/mol. The van der Waals surface area contributed by atoms with Crippen LogP contribution in [0.4, 0.5) is 8.78 Å². The topological polar surface area (TPSA) is 72.7 Å². The second kappa shape index (κ2) is 6.74. The molecule has 0 saturated heterocycles. The fourth-order valence-corrected chi connectivity index (χ4v) is 3.54. The van der Waals surface area contributed by atoms with Crippen LogP contribution in [0.15, 0.2) is 30.3 Å². The summed E-state index contributed by atoms with van der Waals surface area (Å²) in [6, 6.07) is 9.88. The van der Waals surface area contributed by atoms with Gasteiger partial charge in [0.15, 0.2) is 0 Å². The zero-order chi connectivity index (χ0) is 18.1. The first-order chi connectivity index (χ1) is 12.5. The van der Waals surface area contributed by atoms with Crippen LogP contribution < -0.4 is 5.32 Å². The minimum atomic E-state index is -2.63. The first kappa shape index (κ1) is 17.1. The van der Waals surface area contributed by atoms with Gasteiger partial charge in [-0.15, -0.1) is 10.2 Å². The summed E-state index contributed by atoms with van der Waals surface area (Å²) < 4.78 is 25.8. The lowest BCUT2D eigenvalue weighted by Gasteiger charge is -2.28. The maximum absolute atomic E-state index is 12.9. The van der Waals surface area contributed by atoms with Crippen LogP contribution in [0, 0.1) is 5.92 Å². The lowest BCUT2D eigenvalue weighted by Crippen LogP contribution is -2.38. The maximum atomic E-state index is 12.9. The standard InChI is InChI=1S/C18H21F2N5O/c19-18(20)11-13(18)10-16(26)21-14-6-8-15(9-7-14)25-23-17(22-24-25)12-4-2-1-3-5-12/h1-5,13-15H,6-11H2,(H,21,26). The Morgan fingerprint density at radius 2 is 1.88 bits per heavy atom. The molecule has 1 aromatic heterocycles. The molecule has 8 heteroatoms. The molecule has 26 heavy (non-hydrogen) atoms. The molecule has 6 nitrogen and oxygen atoms in total. The highest BCUT2D eigenvalue weighted by molar-refractivity contribution is 5.77. The van der Waals surface area contributed by atoms with Gasteiger partial charge in [-0.2, -0.15) is 4.80 Å². The zero-order valence-corrected chi connectivity index (χ0v) is 14.3. The highest BCUT2D eigenvalue weighted by Crippen LogP contribution is 2.50. The Morgan fingerprint density at radius 1 is 1.19 bits per heavy atom. The molecular formula is C18H21F2N5O. The second-order valence-corrected chi connectivity index (χ2v) is 7.24. The molecule has 0 radical (unpaired) electrons. The van der Waals surface area contributed by atoms with E-state index in [0.717, 1.165) is 31.2 Å². The molecule has 138 valence electrons. The van der Waals surface area contributed by atoms with Crippen LogP contribution in [0.1, 0.15) is 44.6 Å². The Balaban J connectivity index is 1.27. The van der Waals surface area contributed by atoms with Gasteiger partial charge in [-0.05, 0) is 30.9 Å². The molecule has 2 saturated carbocycles. The van der Waals surface area contributed by atoms with Crippen LogP contribution in [0.5, 0.6) is 0 Å². The number of carbonyl (C=O) groups is 1. The zero-order valence-electron chi connectivity index (χ0n) is 14.3. The van der Waals surface area contributed by atoms with E-state index in [1.165, 1.54) is 0 Å². The highest BCUT2D eigenvalue weighted by Gasteiger charge is 2.57. The van der Waals surface area contributed by atoms with Gasteiger partial charge in [-0.25, -0.2) is 8.78 Å². The van der Waals surface area contributed by atoms with Gasteiger partial charge in [0.1, 0.15) is 0 Å². The molecule has 2 fully saturated rings. The fourth-order valence-electron chi connectivity index (χ4n) is 3.54. The molecule has 2 aliphatic rings. The molecule has 1 N–H and O–H groups in total. The van der Waals surface area contributed by atoms with Crippen LogP contribution in [-0.4, -0.2) is 38.1 Å². The quantitative estimate of drug-likeness (QED) is 0.889. The number of hydrogen-bond acceptors (Lipinski definition) is 4. The van der Waals surface area contributed by atoms with E-state index in [9.17, 15) is 13.6 Å². The number of nitrogens with zero attached hydrogens (tertiary/aromatic N) is 4. The highest BCUT2D eigenvalue weighted by atomic mass is 19.3. The van der Waals surface area contributed by atoms with Gasteiger partial charge in [0.05, 0.1) is 6.04 Å². The normalized spacial score (nSPS) is 27.1. The number of amides is 1. The predicted octanol–water partition coefficient (Wildman–Crippen LogP) is 2.99. The van der Waals surface area contributed by atoms with Crippen molar-refractivity contribution in [3.8, 4) is 11.4 Å². The Bertz CT molecular complexity index is 771. The maximum Gasteiger partial charge on any atom is 0.252 e. The Hall–Kier alpha value is -2.38. The molecule has 2 aliphatic carbocycles. The number of aromatic nitrogens is 4. The van der Waals surface area contributed by atoms with E-state index in [0.29, 0.717) is 5.82 Å². The monoisotopic (exact) mass is 361 g/mol. The molecule has 4 rings (SSSR count). The smallest absolute Gasteiger partial charge is 0.252 e. The van der Waals surface area contributed by atoms with Gasteiger partial charge in [-0.1, -0.05) is 30.3 Å². The van der Waals surface area contributed by atoms with E-state index in [2.05, 4.69) is 20.7 Å². The molecule has 2 aromatic rings. The molecule has 0 spiro atoms. The van der Waals surface area contributed by atoms with Crippen molar-refractivity contribution >= 4 is 5.91 Å². The lowest BCUT2D eigenvalue weighted by molar-refractivity contribution is -0.123. The van der Waals surface area contributed by atoms with Crippen LogP contribution in [0.3, 0.4) is 0 Å². The lowest BCUT2D eigenvalue weighted by atomic mass is 9.91. The van der Waals surface area contributed by atoms with E-state index < -0.39 is 11.8 Å². The number of nitrogens with one attached hydrogen (secondary N) is 1.